The average molecular weight is 638 g/mol. The van der Waals surface area contributed by atoms with E-state index < -0.39 is 46.1 Å². The minimum Gasteiger partial charge on any atom is -0.493 e. The molecule has 4 aromatic carbocycles. The SMILES string of the molecule is CNC(=O)[C@H](Cc1ccccc1)N(Cc1ccc(F)cc1)C(=O)CN(c1ccc(F)cc1)S(=O)(=O)c1ccc(OC)c(OC)c1. The minimum atomic E-state index is -4.46. The fourth-order valence-electron chi connectivity index (χ4n) is 4.75. The lowest BCUT2D eigenvalue weighted by molar-refractivity contribution is -0.139. The van der Waals surface area contributed by atoms with Gasteiger partial charge in [-0.3, -0.25) is 13.9 Å². The number of methoxy groups -OCH3 is 2. The highest BCUT2D eigenvalue weighted by molar-refractivity contribution is 7.92. The molecule has 0 aliphatic heterocycles. The average Bonchev–Trinajstić information content (AvgIpc) is 3.06. The van der Waals surface area contributed by atoms with Crippen molar-refractivity contribution in [3.05, 3.63) is 120 Å². The van der Waals surface area contributed by atoms with Crippen LogP contribution in [-0.2, 0) is 32.6 Å². The molecule has 0 aliphatic carbocycles. The molecule has 0 unspecified atom stereocenters. The van der Waals surface area contributed by atoms with Gasteiger partial charge in [0.05, 0.1) is 24.8 Å². The highest BCUT2D eigenvalue weighted by Gasteiger charge is 2.34. The van der Waals surface area contributed by atoms with Gasteiger partial charge in [-0.25, -0.2) is 17.2 Å². The lowest BCUT2D eigenvalue weighted by atomic mass is 10.0. The Morgan fingerprint density at radius 3 is 1.98 bits per heavy atom. The molecule has 1 N–H and O–H groups in total. The van der Waals surface area contributed by atoms with Gasteiger partial charge in [0, 0.05) is 26.1 Å². The van der Waals surface area contributed by atoms with Gasteiger partial charge in [-0.15, -0.1) is 0 Å². The number of halogens is 2. The van der Waals surface area contributed by atoms with Crippen molar-refractivity contribution in [2.75, 3.05) is 32.1 Å². The van der Waals surface area contributed by atoms with Gasteiger partial charge in [-0.2, -0.15) is 0 Å². The van der Waals surface area contributed by atoms with Crippen molar-refractivity contribution in [1.29, 1.82) is 0 Å². The van der Waals surface area contributed by atoms with Crippen molar-refractivity contribution in [2.24, 2.45) is 0 Å². The van der Waals surface area contributed by atoms with Gasteiger partial charge < -0.3 is 19.7 Å². The molecule has 0 bridgehead atoms. The number of amides is 2. The molecular formula is C33H33F2N3O6S. The number of likely N-dealkylation sites (N-methyl/N-ethyl adjacent to an activating group) is 1. The zero-order valence-corrected chi connectivity index (χ0v) is 25.8. The third kappa shape index (κ3) is 7.95. The molecule has 0 fully saturated rings. The minimum absolute atomic E-state index is 0.0146. The van der Waals surface area contributed by atoms with E-state index in [-0.39, 0.29) is 29.3 Å². The van der Waals surface area contributed by atoms with Crippen LogP contribution in [0.25, 0.3) is 0 Å². The zero-order valence-electron chi connectivity index (χ0n) is 24.9. The van der Waals surface area contributed by atoms with E-state index in [0.29, 0.717) is 11.3 Å². The largest absolute Gasteiger partial charge is 0.493 e. The fourth-order valence-corrected chi connectivity index (χ4v) is 6.18. The van der Waals surface area contributed by atoms with Crippen molar-refractivity contribution in [3.63, 3.8) is 0 Å². The molecule has 4 aromatic rings. The molecule has 236 valence electrons. The normalized spacial score (nSPS) is 11.8. The lowest BCUT2D eigenvalue weighted by Gasteiger charge is -2.33. The number of hydrogen-bond acceptors (Lipinski definition) is 6. The highest BCUT2D eigenvalue weighted by Crippen LogP contribution is 2.32. The Morgan fingerprint density at radius 2 is 1.40 bits per heavy atom. The molecule has 12 heteroatoms. The topological polar surface area (TPSA) is 105 Å². The third-order valence-electron chi connectivity index (χ3n) is 7.12. The maximum Gasteiger partial charge on any atom is 0.264 e. The van der Waals surface area contributed by atoms with E-state index in [1.54, 1.807) is 12.1 Å². The fraction of sp³-hybridized carbons (Fsp3) is 0.212. The summed E-state index contributed by atoms with van der Waals surface area (Å²) in [6.45, 7) is -0.872. The Hall–Kier alpha value is -4.97. The number of anilines is 1. The summed E-state index contributed by atoms with van der Waals surface area (Å²) in [5.41, 5.74) is 1.29. The molecule has 9 nitrogen and oxygen atoms in total. The standard InChI is InChI=1S/C33H33F2N3O6S/c1-36-33(40)29(19-23-7-5-4-6-8-23)37(21-24-9-11-25(34)12-10-24)32(39)22-38(27-15-13-26(35)14-16-27)45(41,42)28-17-18-30(43-2)31(20-28)44-3/h4-18,20,29H,19,21-22H2,1-3H3,(H,36,40)/t29-/m0/s1. The van der Waals surface area contributed by atoms with Crippen molar-refractivity contribution in [2.45, 2.75) is 23.9 Å². The van der Waals surface area contributed by atoms with Crippen LogP contribution in [0.5, 0.6) is 11.5 Å². The maximum atomic E-state index is 14.3. The van der Waals surface area contributed by atoms with Crippen LogP contribution in [0.2, 0.25) is 0 Å². The summed E-state index contributed by atoms with van der Waals surface area (Å²) < 4.78 is 67.3. The van der Waals surface area contributed by atoms with Crippen LogP contribution in [0.4, 0.5) is 14.5 Å². The number of nitrogens with one attached hydrogen (secondary N) is 1. The van der Waals surface area contributed by atoms with Crippen LogP contribution in [0.1, 0.15) is 11.1 Å². The van der Waals surface area contributed by atoms with E-state index in [1.165, 1.54) is 80.8 Å². The van der Waals surface area contributed by atoms with E-state index in [0.717, 1.165) is 22.0 Å². The van der Waals surface area contributed by atoms with Gasteiger partial charge in [0.15, 0.2) is 11.5 Å². The van der Waals surface area contributed by atoms with Crippen LogP contribution in [-0.4, -0.2) is 59.0 Å². The van der Waals surface area contributed by atoms with Crippen LogP contribution >= 0.6 is 0 Å². The van der Waals surface area contributed by atoms with Crippen LogP contribution in [0.15, 0.2) is 102 Å². The van der Waals surface area contributed by atoms with E-state index in [4.69, 9.17) is 9.47 Å². The van der Waals surface area contributed by atoms with Gasteiger partial charge in [0.25, 0.3) is 10.0 Å². The van der Waals surface area contributed by atoms with Crippen LogP contribution in [0.3, 0.4) is 0 Å². The number of hydrogen-bond donors (Lipinski definition) is 1. The Labute approximate surface area is 261 Å². The quantitative estimate of drug-likeness (QED) is 0.231. The molecule has 0 spiro atoms. The van der Waals surface area contributed by atoms with Crippen molar-refractivity contribution in [1.82, 2.24) is 10.2 Å². The van der Waals surface area contributed by atoms with Crippen LogP contribution in [0, 0.1) is 11.6 Å². The number of ether oxygens (including phenoxy) is 2. The summed E-state index contributed by atoms with van der Waals surface area (Å²) in [5, 5.41) is 2.59. The molecule has 4 rings (SSSR count). The van der Waals surface area contributed by atoms with Gasteiger partial charge >= 0.3 is 0 Å². The predicted molar refractivity (Wildman–Crippen MR) is 165 cm³/mol. The first-order chi connectivity index (χ1) is 21.6. The van der Waals surface area contributed by atoms with Crippen molar-refractivity contribution in [3.8, 4) is 11.5 Å². The van der Waals surface area contributed by atoms with Gasteiger partial charge in [0.2, 0.25) is 11.8 Å². The Morgan fingerprint density at radius 1 is 0.800 bits per heavy atom. The number of carbonyl (C=O) groups excluding carboxylic acids is 2. The number of nitrogens with zero attached hydrogens (tertiary/aromatic N) is 2. The summed E-state index contributed by atoms with van der Waals surface area (Å²) in [6.07, 6.45) is 0.117. The molecule has 0 saturated carbocycles. The molecule has 0 saturated heterocycles. The number of benzene rings is 4. The number of rotatable bonds is 13. The molecule has 45 heavy (non-hydrogen) atoms. The first-order valence-corrected chi connectivity index (χ1v) is 15.3. The summed E-state index contributed by atoms with van der Waals surface area (Å²) in [4.78, 5) is 28.6. The molecule has 0 aromatic heterocycles. The zero-order chi connectivity index (χ0) is 32.6. The monoisotopic (exact) mass is 637 g/mol. The van der Waals surface area contributed by atoms with Gasteiger partial charge in [-0.1, -0.05) is 42.5 Å². The Balaban J connectivity index is 1.80. The van der Waals surface area contributed by atoms with Gasteiger partial charge in [-0.05, 0) is 59.7 Å². The molecule has 0 aliphatic rings. The first-order valence-electron chi connectivity index (χ1n) is 13.9. The van der Waals surface area contributed by atoms with E-state index in [2.05, 4.69) is 5.32 Å². The van der Waals surface area contributed by atoms with E-state index in [1.807, 2.05) is 18.2 Å². The Kier molecular flexibility index (Phi) is 10.7. The molecule has 0 radical (unpaired) electrons. The first kappa shape index (κ1) is 32.9. The smallest absolute Gasteiger partial charge is 0.264 e. The van der Waals surface area contributed by atoms with Gasteiger partial charge in [0.1, 0.15) is 24.2 Å². The Bertz CT molecular complexity index is 1720. The van der Waals surface area contributed by atoms with E-state index >= 15 is 0 Å². The summed E-state index contributed by atoms with van der Waals surface area (Å²) in [7, 11) is -0.265. The lowest BCUT2D eigenvalue weighted by Crippen LogP contribution is -2.53. The second-order valence-electron chi connectivity index (χ2n) is 9.97. The highest BCUT2D eigenvalue weighted by atomic mass is 32.2. The molecule has 0 heterocycles. The predicted octanol–water partition coefficient (Wildman–Crippen LogP) is 4.56. The van der Waals surface area contributed by atoms with E-state index in [9.17, 15) is 26.8 Å². The van der Waals surface area contributed by atoms with Crippen LogP contribution < -0.4 is 19.1 Å². The second-order valence-corrected chi connectivity index (χ2v) is 11.8. The summed E-state index contributed by atoms with van der Waals surface area (Å²) in [6, 6.07) is 22.0. The summed E-state index contributed by atoms with van der Waals surface area (Å²) in [5.74, 6) is -1.85. The van der Waals surface area contributed by atoms with Crippen molar-refractivity contribution < 1.29 is 36.3 Å². The number of sulfonamides is 1. The molecule has 1 atom stereocenters. The summed E-state index contributed by atoms with van der Waals surface area (Å²) >= 11 is 0. The third-order valence-corrected chi connectivity index (χ3v) is 8.89. The second kappa shape index (κ2) is 14.7. The molecular weight excluding hydrogens is 604 g/mol. The number of carbonyl (C=O) groups is 2. The molecule has 2 amide bonds. The maximum absolute atomic E-state index is 14.3. The van der Waals surface area contributed by atoms with Crippen molar-refractivity contribution >= 4 is 27.5 Å².